The highest BCUT2D eigenvalue weighted by Crippen LogP contribution is 2.29. The van der Waals surface area contributed by atoms with Crippen LogP contribution in [0.4, 0.5) is 5.69 Å². The molecule has 2 aromatic rings. The standard InChI is InChI=1S/C22H30N4O/c1-17(2)22(27)26-11-7-5-3-4-6-10-23-13-19-12-18(8-9-21(19)26)20-14-24-16-25-15-20/h8-9,12,14-17,23H,3-7,10-11,13H2,1-2H3. The van der Waals surface area contributed by atoms with Crippen molar-refractivity contribution < 1.29 is 4.79 Å². The van der Waals surface area contributed by atoms with Crippen molar-refractivity contribution in [3.63, 3.8) is 0 Å². The number of benzene rings is 1. The van der Waals surface area contributed by atoms with Gasteiger partial charge in [-0.15, -0.1) is 0 Å². The quantitative estimate of drug-likeness (QED) is 0.866. The molecular formula is C22H30N4O. The number of rotatable bonds is 2. The number of carbonyl (C=O) groups is 1. The van der Waals surface area contributed by atoms with Gasteiger partial charge in [-0.1, -0.05) is 39.2 Å². The van der Waals surface area contributed by atoms with E-state index in [0.717, 1.165) is 48.4 Å². The highest BCUT2D eigenvalue weighted by molar-refractivity contribution is 5.95. The Kier molecular flexibility index (Phi) is 6.93. The number of hydrogen-bond acceptors (Lipinski definition) is 4. The van der Waals surface area contributed by atoms with Crippen LogP contribution in [0.2, 0.25) is 0 Å². The van der Waals surface area contributed by atoms with Gasteiger partial charge in [0.15, 0.2) is 0 Å². The monoisotopic (exact) mass is 366 g/mol. The van der Waals surface area contributed by atoms with Crippen LogP contribution < -0.4 is 10.2 Å². The van der Waals surface area contributed by atoms with Crippen molar-refractivity contribution in [1.82, 2.24) is 15.3 Å². The first kappa shape index (κ1) is 19.5. The predicted octanol–water partition coefficient (Wildman–Crippen LogP) is 4.19. The Morgan fingerprint density at radius 3 is 2.56 bits per heavy atom. The van der Waals surface area contributed by atoms with Crippen molar-refractivity contribution in [3.05, 3.63) is 42.5 Å². The van der Waals surface area contributed by atoms with Crippen molar-refractivity contribution in [1.29, 1.82) is 0 Å². The Morgan fingerprint density at radius 2 is 1.78 bits per heavy atom. The van der Waals surface area contributed by atoms with E-state index in [1.54, 1.807) is 6.33 Å². The van der Waals surface area contributed by atoms with Gasteiger partial charge in [0.1, 0.15) is 6.33 Å². The molecule has 0 spiro atoms. The van der Waals surface area contributed by atoms with Gasteiger partial charge in [-0.3, -0.25) is 4.79 Å². The van der Waals surface area contributed by atoms with E-state index in [4.69, 9.17) is 0 Å². The Morgan fingerprint density at radius 1 is 1.04 bits per heavy atom. The lowest BCUT2D eigenvalue weighted by atomic mass is 10.0. The van der Waals surface area contributed by atoms with Crippen LogP contribution in [0.15, 0.2) is 36.9 Å². The second-order valence-electron chi connectivity index (χ2n) is 7.56. The zero-order valence-corrected chi connectivity index (χ0v) is 16.4. The van der Waals surface area contributed by atoms with E-state index in [1.807, 2.05) is 31.1 Å². The smallest absolute Gasteiger partial charge is 0.229 e. The van der Waals surface area contributed by atoms with Crippen LogP contribution >= 0.6 is 0 Å². The first-order chi connectivity index (χ1) is 13.2. The first-order valence-corrected chi connectivity index (χ1v) is 10.1. The molecule has 0 radical (unpaired) electrons. The van der Waals surface area contributed by atoms with Gasteiger partial charge in [-0.25, -0.2) is 9.97 Å². The number of nitrogens with one attached hydrogen (secondary N) is 1. The fraction of sp³-hybridized carbons (Fsp3) is 0.500. The third-order valence-corrected chi connectivity index (χ3v) is 5.07. The van der Waals surface area contributed by atoms with E-state index < -0.39 is 0 Å². The lowest BCUT2D eigenvalue weighted by Gasteiger charge is -2.28. The van der Waals surface area contributed by atoms with E-state index in [0.29, 0.717) is 0 Å². The number of amides is 1. The third kappa shape index (κ3) is 5.13. The molecule has 0 saturated carbocycles. The van der Waals surface area contributed by atoms with Gasteiger partial charge >= 0.3 is 0 Å². The molecule has 0 fully saturated rings. The van der Waals surface area contributed by atoms with Crippen LogP contribution in [0.3, 0.4) is 0 Å². The summed E-state index contributed by atoms with van der Waals surface area (Å²) in [7, 11) is 0. The number of aromatic nitrogens is 2. The van der Waals surface area contributed by atoms with Gasteiger partial charge in [0.2, 0.25) is 5.91 Å². The van der Waals surface area contributed by atoms with Crippen molar-refractivity contribution in [2.75, 3.05) is 18.0 Å². The van der Waals surface area contributed by atoms with Gasteiger partial charge < -0.3 is 10.2 Å². The summed E-state index contributed by atoms with van der Waals surface area (Å²) in [6.07, 6.45) is 11.1. The minimum absolute atomic E-state index is 0.0130. The van der Waals surface area contributed by atoms with E-state index in [-0.39, 0.29) is 11.8 Å². The molecule has 2 heterocycles. The first-order valence-electron chi connectivity index (χ1n) is 10.1. The lowest BCUT2D eigenvalue weighted by molar-refractivity contribution is -0.121. The molecule has 1 amide bonds. The summed E-state index contributed by atoms with van der Waals surface area (Å²) in [5.41, 5.74) is 4.27. The molecule has 5 nitrogen and oxygen atoms in total. The Bertz CT molecular complexity index is 745. The zero-order valence-electron chi connectivity index (χ0n) is 16.4. The molecule has 1 aliphatic rings. The summed E-state index contributed by atoms with van der Waals surface area (Å²) in [6, 6.07) is 6.34. The van der Waals surface area contributed by atoms with Gasteiger partial charge in [-0.05, 0) is 42.6 Å². The number of anilines is 1. The van der Waals surface area contributed by atoms with E-state index in [9.17, 15) is 4.79 Å². The minimum Gasteiger partial charge on any atom is -0.313 e. The second-order valence-corrected chi connectivity index (χ2v) is 7.56. The van der Waals surface area contributed by atoms with Crippen LogP contribution in [0, 0.1) is 5.92 Å². The molecule has 1 aromatic heterocycles. The molecule has 144 valence electrons. The normalized spacial score (nSPS) is 16.3. The molecular weight excluding hydrogens is 336 g/mol. The maximum absolute atomic E-state index is 12.9. The summed E-state index contributed by atoms with van der Waals surface area (Å²) < 4.78 is 0. The van der Waals surface area contributed by atoms with Crippen LogP contribution in [-0.4, -0.2) is 29.0 Å². The maximum atomic E-state index is 12.9. The Labute approximate surface area is 162 Å². The topological polar surface area (TPSA) is 58.1 Å². The number of carbonyl (C=O) groups excluding carboxylic acids is 1. The molecule has 0 bridgehead atoms. The van der Waals surface area contributed by atoms with Crippen molar-refractivity contribution in [3.8, 4) is 11.1 Å². The van der Waals surface area contributed by atoms with Gasteiger partial charge in [0, 0.05) is 42.7 Å². The fourth-order valence-corrected chi connectivity index (χ4v) is 3.55. The van der Waals surface area contributed by atoms with Gasteiger partial charge in [0.25, 0.3) is 0 Å². The molecule has 1 aromatic carbocycles. The number of fused-ring (bicyclic) bond motifs is 1. The molecule has 1 N–H and O–H groups in total. The SMILES string of the molecule is CC(C)C(=O)N1CCCCCCCNCc2cc(-c3cncnc3)ccc21. The summed E-state index contributed by atoms with van der Waals surface area (Å²) >= 11 is 0. The van der Waals surface area contributed by atoms with E-state index >= 15 is 0 Å². The molecule has 0 aliphatic carbocycles. The van der Waals surface area contributed by atoms with Crippen molar-refractivity contribution >= 4 is 11.6 Å². The van der Waals surface area contributed by atoms with Crippen LogP contribution in [0.25, 0.3) is 11.1 Å². The predicted molar refractivity (Wildman–Crippen MR) is 109 cm³/mol. The number of hydrogen-bond donors (Lipinski definition) is 1. The van der Waals surface area contributed by atoms with Crippen LogP contribution in [0.5, 0.6) is 0 Å². The molecule has 0 atom stereocenters. The average Bonchev–Trinajstić information content (AvgIpc) is 2.68. The van der Waals surface area contributed by atoms with Crippen molar-refractivity contribution in [2.24, 2.45) is 5.92 Å². The van der Waals surface area contributed by atoms with Crippen LogP contribution in [-0.2, 0) is 11.3 Å². The average molecular weight is 367 g/mol. The van der Waals surface area contributed by atoms with E-state index in [1.165, 1.54) is 25.7 Å². The fourth-order valence-electron chi connectivity index (χ4n) is 3.55. The number of nitrogens with zero attached hydrogens (tertiary/aromatic N) is 3. The highest BCUT2D eigenvalue weighted by atomic mass is 16.2. The minimum atomic E-state index is -0.0130. The molecule has 1 aliphatic heterocycles. The summed E-state index contributed by atoms with van der Waals surface area (Å²) in [5, 5.41) is 3.56. The summed E-state index contributed by atoms with van der Waals surface area (Å²) in [5.74, 6) is 0.185. The molecule has 0 saturated heterocycles. The van der Waals surface area contributed by atoms with Crippen molar-refractivity contribution in [2.45, 2.75) is 52.5 Å². The summed E-state index contributed by atoms with van der Waals surface area (Å²) in [4.78, 5) is 23.2. The Hall–Kier alpha value is -2.27. The maximum Gasteiger partial charge on any atom is 0.229 e. The highest BCUT2D eigenvalue weighted by Gasteiger charge is 2.21. The van der Waals surface area contributed by atoms with Crippen LogP contribution in [0.1, 0.15) is 51.5 Å². The van der Waals surface area contributed by atoms with Gasteiger partial charge in [-0.2, -0.15) is 0 Å². The second kappa shape index (κ2) is 9.60. The lowest BCUT2D eigenvalue weighted by Crippen LogP contribution is -2.36. The molecule has 0 unspecified atom stereocenters. The summed E-state index contributed by atoms with van der Waals surface area (Å²) in [6.45, 7) is 6.52. The van der Waals surface area contributed by atoms with Gasteiger partial charge in [0.05, 0.1) is 0 Å². The van der Waals surface area contributed by atoms with E-state index in [2.05, 4.69) is 33.5 Å². The molecule has 3 rings (SSSR count). The molecule has 5 heteroatoms. The molecule has 27 heavy (non-hydrogen) atoms. The largest absolute Gasteiger partial charge is 0.313 e. The Balaban J connectivity index is 1.98. The third-order valence-electron chi connectivity index (χ3n) is 5.07. The zero-order chi connectivity index (χ0) is 19.1.